The van der Waals surface area contributed by atoms with Gasteiger partial charge in [-0.25, -0.2) is 0 Å². The van der Waals surface area contributed by atoms with Crippen LogP contribution in [0.4, 0.5) is 5.69 Å². The molecule has 28 heavy (non-hydrogen) atoms. The molecule has 0 saturated heterocycles. The van der Waals surface area contributed by atoms with Crippen LogP contribution in [0, 0.1) is 11.3 Å². The standard InChI is InChI=1S/C12H16N2.C9H11NOS.CH2O/c13-14-12-10-5-1-3-8(10)7-9-4-2-6-11(9)12;1-5-2-7(10)6-4-9(12)11-8(6)3-5;1-2/h7,14H,1-6,13H2;4-5,10,12H,2-3H2,1H3;1H2. The fourth-order valence-electron chi connectivity index (χ4n) is 4.66. The third kappa shape index (κ3) is 4.03. The lowest BCUT2D eigenvalue weighted by Crippen LogP contribution is -2.15. The molecule has 0 saturated carbocycles. The Bertz CT molecular complexity index is 843. The van der Waals surface area contributed by atoms with Crippen molar-refractivity contribution in [1.29, 1.82) is 5.41 Å². The van der Waals surface area contributed by atoms with Gasteiger partial charge < -0.3 is 20.0 Å². The number of aryl methyl sites for hydroxylation is 2. The molecule has 2 aromatic rings. The zero-order chi connectivity index (χ0) is 20.3. The predicted molar refractivity (Wildman–Crippen MR) is 116 cm³/mol. The Kier molecular flexibility index (Phi) is 6.62. The van der Waals surface area contributed by atoms with Gasteiger partial charge in [-0.15, -0.1) is 12.6 Å². The Morgan fingerprint density at radius 3 is 2.29 bits per heavy atom. The van der Waals surface area contributed by atoms with Crippen molar-refractivity contribution in [3.63, 3.8) is 0 Å². The first-order valence-electron chi connectivity index (χ1n) is 9.88. The number of hydrogen-bond donors (Lipinski definition) is 4. The van der Waals surface area contributed by atoms with E-state index in [4.69, 9.17) is 20.5 Å². The lowest BCUT2D eigenvalue weighted by molar-refractivity contribution is -0.0979. The molecule has 1 heterocycles. The number of nitrogen functional groups attached to an aromatic ring is 1. The van der Waals surface area contributed by atoms with Crippen molar-refractivity contribution in [2.24, 2.45) is 11.8 Å². The van der Waals surface area contributed by atoms with E-state index in [0.717, 1.165) is 24.2 Å². The number of benzene rings is 1. The normalized spacial score (nSPS) is 18.8. The summed E-state index contributed by atoms with van der Waals surface area (Å²) in [6, 6.07) is 4.26. The summed E-state index contributed by atoms with van der Waals surface area (Å²) >= 11 is 4.12. The number of hydrogen-bond acceptors (Lipinski definition) is 6. The Hall–Kier alpha value is -2.05. The van der Waals surface area contributed by atoms with Crippen LogP contribution in [0.25, 0.3) is 0 Å². The molecule has 0 spiro atoms. The van der Waals surface area contributed by atoms with Crippen LogP contribution < -0.4 is 11.3 Å². The van der Waals surface area contributed by atoms with E-state index in [-0.39, 0.29) is 0 Å². The van der Waals surface area contributed by atoms with Gasteiger partial charge in [0.05, 0.1) is 5.69 Å². The van der Waals surface area contributed by atoms with Gasteiger partial charge in [0.15, 0.2) is 5.09 Å². The molecule has 0 fully saturated rings. The van der Waals surface area contributed by atoms with Crippen LogP contribution in [0.1, 0.15) is 59.8 Å². The monoisotopic (exact) mass is 399 g/mol. The Morgan fingerprint density at radius 2 is 1.71 bits per heavy atom. The zero-order valence-electron chi connectivity index (χ0n) is 16.4. The molecule has 1 unspecified atom stereocenters. The van der Waals surface area contributed by atoms with E-state index < -0.39 is 0 Å². The van der Waals surface area contributed by atoms with Gasteiger partial charge in [-0.2, -0.15) is 0 Å². The minimum absolute atomic E-state index is 0.531. The van der Waals surface area contributed by atoms with Crippen molar-refractivity contribution < 1.29 is 9.21 Å². The second-order valence-electron chi connectivity index (χ2n) is 7.79. The smallest absolute Gasteiger partial charge is 0.158 e. The molecule has 0 radical (unpaired) electrons. The number of nitrogens with two attached hydrogens (primary N) is 1. The second kappa shape index (κ2) is 8.97. The summed E-state index contributed by atoms with van der Waals surface area (Å²) in [4.78, 5) is 8.00. The van der Waals surface area contributed by atoms with Gasteiger partial charge in [-0.3, -0.25) is 5.84 Å². The first kappa shape index (κ1) is 20.7. The van der Waals surface area contributed by atoms with Gasteiger partial charge >= 0.3 is 0 Å². The van der Waals surface area contributed by atoms with Crippen molar-refractivity contribution >= 4 is 30.8 Å². The van der Waals surface area contributed by atoms with Gasteiger partial charge in [-0.1, -0.05) is 13.0 Å². The molecule has 0 bridgehead atoms. The highest BCUT2D eigenvalue weighted by molar-refractivity contribution is 7.80. The van der Waals surface area contributed by atoms with Crippen molar-refractivity contribution in [3.8, 4) is 0 Å². The minimum Gasteiger partial charge on any atom is -0.454 e. The molecule has 1 aromatic heterocycles. The SMILES string of the molecule is C=O.CC1CC(=N)c2cc(S)oc2C1.NNc1c2c(cc3c1CCC3)CCC2. The average Bonchev–Trinajstić information content (AvgIpc) is 3.40. The molecule has 3 aliphatic rings. The minimum atomic E-state index is 0.531. The Balaban J connectivity index is 0.000000150. The number of anilines is 1. The number of thiol groups is 1. The van der Waals surface area contributed by atoms with Crippen molar-refractivity contribution in [2.45, 2.75) is 63.4 Å². The topological polar surface area (TPSA) is 92.1 Å². The first-order chi connectivity index (χ1) is 13.6. The summed E-state index contributed by atoms with van der Waals surface area (Å²) in [5, 5.41) is 8.34. The maximum absolute atomic E-state index is 8.00. The highest BCUT2D eigenvalue weighted by Gasteiger charge is 2.24. The van der Waals surface area contributed by atoms with E-state index in [1.54, 1.807) is 11.1 Å². The lowest BCUT2D eigenvalue weighted by atomic mass is 9.88. The molecule has 6 heteroatoms. The van der Waals surface area contributed by atoms with E-state index in [1.807, 2.05) is 12.9 Å². The van der Waals surface area contributed by atoms with Crippen LogP contribution in [0.5, 0.6) is 0 Å². The number of fused-ring (bicyclic) bond motifs is 3. The molecule has 1 atom stereocenters. The van der Waals surface area contributed by atoms with Gasteiger partial charge in [-0.05, 0) is 79.2 Å². The summed E-state index contributed by atoms with van der Waals surface area (Å²) in [5.41, 5.74) is 11.9. The van der Waals surface area contributed by atoms with Crippen molar-refractivity contribution in [3.05, 3.63) is 45.7 Å². The summed E-state index contributed by atoms with van der Waals surface area (Å²) in [7, 11) is 0. The third-order valence-corrected chi connectivity index (χ3v) is 6.05. The Morgan fingerprint density at radius 1 is 1.11 bits per heavy atom. The zero-order valence-corrected chi connectivity index (χ0v) is 17.3. The highest BCUT2D eigenvalue weighted by atomic mass is 32.1. The summed E-state index contributed by atoms with van der Waals surface area (Å²) in [5.74, 6) is 7.11. The molecule has 3 aliphatic carbocycles. The van der Waals surface area contributed by atoms with E-state index in [0.29, 0.717) is 16.7 Å². The van der Waals surface area contributed by atoms with E-state index in [9.17, 15) is 0 Å². The van der Waals surface area contributed by atoms with E-state index in [2.05, 4.69) is 31.0 Å². The summed E-state index contributed by atoms with van der Waals surface area (Å²) in [6.45, 7) is 4.14. The van der Waals surface area contributed by atoms with Crippen LogP contribution in [0.3, 0.4) is 0 Å². The second-order valence-corrected chi connectivity index (χ2v) is 8.23. The van der Waals surface area contributed by atoms with E-state index in [1.165, 1.54) is 55.3 Å². The quantitative estimate of drug-likeness (QED) is 0.327. The fourth-order valence-corrected chi connectivity index (χ4v) is 4.90. The number of furan rings is 1. The van der Waals surface area contributed by atoms with Crippen LogP contribution in [0.2, 0.25) is 0 Å². The maximum Gasteiger partial charge on any atom is 0.158 e. The van der Waals surface area contributed by atoms with Crippen molar-refractivity contribution in [1.82, 2.24) is 0 Å². The lowest BCUT2D eigenvalue weighted by Gasteiger charge is -2.16. The third-order valence-electron chi connectivity index (χ3n) is 5.82. The van der Waals surface area contributed by atoms with Gasteiger partial charge in [0.1, 0.15) is 12.5 Å². The highest BCUT2D eigenvalue weighted by Crippen LogP contribution is 2.37. The molecule has 1 aromatic carbocycles. The molecular weight excluding hydrogens is 370 g/mol. The number of rotatable bonds is 1. The molecule has 4 N–H and O–H groups in total. The molecule has 5 nitrogen and oxygen atoms in total. The molecule has 0 aliphatic heterocycles. The van der Waals surface area contributed by atoms with Crippen molar-refractivity contribution in [2.75, 3.05) is 5.43 Å². The van der Waals surface area contributed by atoms with Crippen LogP contribution >= 0.6 is 12.6 Å². The Labute approximate surface area is 172 Å². The number of nitrogens with one attached hydrogen (secondary N) is 2. The van der Waals surface area contributed by atoms with Gasteiger partial charge in [0, 0.05) is 17.7 Å². The summed E-state index contributed by atoms with van der Waals surface area (Å²) < 4.78 is 5.37. The fraction of sp³-hybridized carbons (Fsp3) is 0.455. The van der Waals surface area contributed by atoms with Gasteiger partial charge in [0.2, 0.25) is 0 Å². The average molecular weight is 400 g/mol. The molecule has 5 rings (SSSR count). The molecule has 150 valence electrons. The number of hydrazine groups is 1. The van der Waals surface area contributed by atoms with Crippen LogP contribution in [0.15, 0.2) is 21.6 Å². The predicted octanol–water partition coefficient (Wildman–Crippen LogP) is 4.28. The number of carbonyl (C=O) groups excluding carboxylic acids is 1. The van der Waals surface area contributed by atoms with Crippen LogP contribution in [-0.2, 0) is 36.9 Å². The first-order valence-corrected chi connectivity index (χ1v) is 10.3. The largest absolute Gasteiger partial charge is 0.454 e. The maximum atomic E-state index is 8.00. The van der Waals surface area contributed by atoms with E-state index >= 15 is 0 Å². The number of carbonyl (C=O) groups is 1. The van der Waals surface area contributed by atoms with Crippen LogP contribution in [-0.4, -0.2) is 12.5 Å². The van der Waals surface area contributed by atoms with Gasteiger partial charge in [0.25, 0.3) is 0 Å². The summed E-state index contributed by atoms with van der Waals surface area (Å²) in [6.07, 6.45) is 9.32. The molecule has 0 amide bonds. The molecular formula is C22H29N3O2S.